The second-order valence-corrected chi connectivity index (χ2v) is 7.06. The van der Waals surface area contributed by atoms with Crippen molar-refractivity contribution in [2.24, 2.45) is 5.92 Å². The Morgan fingerprint density at radius 1 is 1.44 bits per heavy atom. The van der Waals surface area contributed by atoms with Crippen LogP contribution in [0.4, 0.5) is 0 Å². The number of aromatic nitrogens is 1. The van der Waals surface area contributed by atoms with E-state index in [9.17, 15) is 8.42 Å². The van der Waals surface area contributed by atoms with Crippen LogP contribution in [0.15, 0.2) is 9.72 Å². The minimum Gasteiger partial charge on any atom is -0.264 e. The quantitative estimate of drug-likeness (QED) is 0.689. The molecule has 1 heterocycles. The van der Waals surface area contributed by atoms with Gasteiger partial charge >= 0.3 is 10.1 Å². The van der Waals surface area contributed by atoms with Gasteiger partial charge in [0.05, 0.1) is 6.61 Å². The summed E-state index contributed by atoms with van der Waals surface area (Å²) >= 11 is 1.11. The van der Waals surface area contributed by atoms with Crippen molar-refractivity contribution in [3.05, 3.63) is 11.1 Å². The molecule has 0 bridgehead atoms. The topological polar surface area (TPSA) is 56.3 Å². The van der Waals surface area contributed by atoms with Crippen LogP contribution < -0.4 is 0 Å². The lowest BCUT2D eigenvalue weighted by Crippen LogP contribution is -2.14. The van der Waals surface area contributed by atoms with Crippen LogP contribution in [0.3, 0.4) is 0 Å². The minimum absolute atomic E-state index is 0.0605. The smallest absolute Gasteiger partial charge is 0.264 e. The van der Waals surface area contributed by atoms with Crippen LogP contribution in [0.1, 0.15) is 45.2 Å². The second-order valence-electron chi connectivity index (χ2n) is 4.41. The summed E-state index contributed by atoms with van der Waals surface area (Å²) in [4.78, 5) is 3.95. The second kappa shape index (κ2) is 7.21. The lowest BCUT2D eigenvalue weighted by Gasteiger charge is -2.13. The Hall–Kier alpha value is -0.460. The predicted molar refractivity (Wildman–Crippen MR) is 73.3 cm³/mol. The summed E-state index contributed by atoms with van der Waals surface area (Å²) in [6.45, 7) is 6.22. The van der Waals surface area contributed by atoms with Crippen molar-refractivity contribution in [1.82, 2.24) is 4.98 Å². The number of aryl methyl sites for hydroxylation is 1. The maximum Gasteiger partial charge on any atom is 0.324 e. The Morgan fingerprint density at radius 2 is 2.17 bits per heavy atom. The molecule has 0 spiro atoms. The van der Waals surface area contributed by atoms with Gasteiger partial charge in [-0.15, -0.1) is 11.3 Å². The molecule has 18 heavy (non-hydrogen) atoms. The van der Waals surface area contributed by atoms with Crippen LogP contribution in [0.2, 0.25) is 0 Å². The Labute approximate surface area is 114 Å². The fourth-order valence-corrected chi connectivity index (χ4v) is 3.59. The highest BCUT2D eigenvalue weighted by Gasteiger charge is 2.21. The monoisotopic (exact) mass is 291 g/mol. The molecule has 0 aromatic carbocycles. The highest BCUT2D eigenvalue weighted by Crippen LogP contribution is 2.20. The van der Waals surface area contributed by atoms with Gasteiger partial charge < -0.3 is 0 Å². The molecule has 0 radical (unpaired) electrons. The van der Waals surface area contributed by atoms with Gasteiger partial charge in [0.25, 0.3) is 0 Å². The zero-order chi connectivity index (χ0) is 13.6. The molecule has 0 saturated carbocycles. The van der Waals surface area contributed by atoms with E-state index in [0.29, 0.717) is 11.6 Å². The zero-order valence-corrected chi connectivity index (χ0v) is 12.8. The highest BCUT2D eigenvalue weighted by molar-refractivity contribution is 7.88. The fraction of sp³-hybridized carbons (Fsp3) is 0.750. The minimum atomic E-state index is -3.66. The van der Waals surface area contributed by atoms with Crippen molar-refractivity contribution in [1.29, 1.82) is 0 Å². The molecule has 0 aliphatic carbocycles. The molecule has 1 unspecified atom stereocenters. The number of hydrogen-bond acceptors (Lipinski definition) is 5. The fourth-order valence-electron chi connectivity index (χ4n) is 1.58. The summed E-state index contributed by atoms with van der Waals surface area (Å²) in [5.41, 5.74) is 0.709. The molecule has 4 nitrogen and oxygen atoms in total. The van der Waals surface area contributed by atoms with E-state index in [1.165, 1.54) is 0 Å². The van der Waals surface area contributed by atoms with Crippen LogP contribution >= 0.6 is 11.3 Å². The SMILES string of the molecule is CCCCC(CC)COS(=O)(=O)c1nc(C)cs1. The number of unbranched alkanes of at least 4 members (excludes halogenated alkanes) is 1. The van der Waals surface area contributed by atoms with Crippen LogP contribution in [0.25, 0.3) is 0 Å². The Bertz CT molecular complexity index is 454. The first-order valence-corrected chi connectivity index (χ1v) is 8.60. The van der Waals surface area contributed by atoms with Crippen LogP contribution in [-0.4, -0.2) is 20.0 Å². The number of rotatable bonds is 8. The molecule has 1 rings (SSSR count). The molecular weight excluding hydrogens is 270 g/mol. The standard InChI is InChI=1S/C12H21NO3S2/c1-4-6-7-11(5-2)8-16-18(14,15)12-13-10(3)9-17-12/h9,11H,4-8H2,1-3H3. The van der Waals surface area contributed by atoms with Gasteiger partial charge in [-0.05, 0) is 19.3 Å². The van der Waals surface area contributed by atoms with Crippen molar-refractivity contribution < 1.29 is 12.6 Å². The first-order chi connectivity index (χ1) is 8.49. The number of thiazole rings is 1. The van der Waals surface area contributed by atoms with Gasteiger partial charge in [0.15, 0.2) is 0 Å². The summed E-state index contributed by atoms with van der Waals surface area (Å²) in [6.07, 6.45) is 4.18. The maximum atomic E-state index is 11.9. The molecule has 1 aromatic heterocycles. The maximum absolute atomic E-state index is 11.9. The highest BCUT2D eigenvalue weighted by atomic mass is 32.3. The first-order valence-electron chi connectivity index (χ1n) is 6.31. The van der Waals surface area contributed by atoms with Crippen LogP contribution in [-0.2, 0) is 14.3 Å². The summed E-state index contributed by atoms with van der Waals surface area (Å²) in [5.74, 6) is 0.306. The number of hydrogen-bond donors (Lipinski definition) is 0. The Balaban J connectivity index is 2.55. The van der Waals surface area contributed by atoms with Crippen LogP contribution in [0.5, 0.6) is 0 Å². The molecule has 0 aliphatic rings. The Kier molecular flexibility index (Phi) is 6.25. The molecule has 6 heteroatoms. The molecule has 0 amide bonds. The van der Waals surface area contributed by atoms with Gasteiger partial charge in [-0.1, -0.05) is 33.1 Å². The van der Waals surface area contributed by atoms with Gasteiger partial charge in [-0.25, -0.2) is 4.98 Å². The predicted octanol–water partition coefficient (Wildman–Crippen LogP) is 3.37. The summed E-state index contributed by atoms with van der Waals surface area (Å²) < 4.78 is 28.9. The lowest BCUT2D eigenvalue weighted by atomic mass is 10.0. The zero-order valence-electron chi connectivity index (χ0n) is 11.2. The molecule has 1 atom stereocenters. The van der Waals surface area contributed by atoms with E-state index in [4.69, 9.17) is 4.18 Å². The van der Waals surface area contributed by atoms with E-state index in [-0.39, 0.29) is 10.9 Å². The Morgan fingerprint density at radius 3 is 2.67 bits per heavy atom. The van der Waals surface area contributed by atoms with E-state index in [2.05, 4.69) is 18.8 Å². The van der Waals surface area contributed by atoms with Crippen LogP contribution in [0, 0.1) is 12.8 Å². The molecule has 104 valence electrons. The average Bonchev–Trinajstić information content (AvgIpc) is 2.77. The van der Waals surface area contributed by atoms with Gasteiger partial charge in [-0.3, -0.25) is 4.18 Å². The third-order valence-corrected chi connectivity index (χ3v) is 5.43. The summed E-state index contributed by atoms with van der Waals surface area (Å²) in [5, 5.41) is 1.71. The van der Waals surface area contributed by atoms with E-state index in [1.807, 2.05) is 0 Å². The van der Waals surface area contributed by atoms with Gasteiger partial charge in [0, 0.05) is 11.1 Å². The lowest BCUT2D eigenvalue weighted by molar-refractivity contribution is 0.238. The largest absolute Gasteiger partial charge is 0.324 e. The van der Waals surface area contributed by atoms with Crippen molar-refractivity contribution in [3.63, 3.8) is 0 Å². The van der Waals surface area contributed by atoms with Crippen molar-refractivity contribution >= 4 is 21.5 Å². The molecule has 0 N–H and O–H groups in total. The molecule has 0 fully saturated rings. The van der Waals surface area contributed by atoms with Crippen molar-refractivity contribution in [3.8, 4) is 0 Å². The first kappa shape index (κ1) is 15.6. The van der Waals surface area contributed by atoms with Gasteiger partial charge in [-0.2, -0.15) is 8.42 Å². The summed E-state index contributed by atoms with van der Waals surface area (Å²) in [6, 6.07) is 0. The average molecular weight is 291 g/mol. The van der Waals surface area contributed by atoms with E-state index in [0.717, 1.165) is 37.0 Å². The van der Waals surface area contributed by atoms with E-state index >= 15 is 0 Å². The normalized spacial score (nSPS) is 13.7. The molecule has 1 aromatic rings. The van der Waals surface area contributed by atoms with Crippen molar-refractivity contribution in [2.75, 3.05) is 6.61 Å². The number of nitrogens with zero attached hydrogens (tertiary/aromatic N) is 1. The summed E-state index contributed by atoms with van der Waals surface area (Å²) in [7, 11) is -3.66. The van der Waals surface area contributed by atoms with Gasteiger partial charge in [0.1, 0.15) is 0 Å². The third-order valence-electron chi connectivity index (χ3n) is 2.81. The molecule has 0 aliphatic heterocycles. The van der Waals surface area contributed by atoms with Crippen molar-refractivity contribution in [2.45, 2.75) is 50.8 Å². The van der Waals surface area contributed by atoms with Gasteiger partial charge in [0.2, 0.25) is 4.34 Å². The van der Waals surface area contributed by atoms with E-state index < -0.39 is 10.1 Å². The van der Waals surface area contributed by atoms with E-state index in [1.54, 1.807) is 12.3 Å². The molecule has 0 saturated heterocycles. The third kappa shape index (κ3) is 4.66. The molecular formula is C12H21NO3S2.